The Bertz CT molecular complexity index is 1200. The number of benzene rings is 3. The first-order valence-electron chi connectivity index (χ1n) is 9.24. The van der Waals surface area contributed by atoms with Crippen LogP contribution in [0.25, 0.3) is 27.1 Å². The minimum atomic E-state index is -0.538. The molecule has 5 rings (SSSR count). The molecule has 1 heterocycles. The molecule has 0 radical (unpaired) electrons. The van der Waals surface area contributed by atoms with Gasteiger partial charge in [-0.3, -0.25) is 0 Å². The van der Waals surface area contributed by atoms with Crippen LogP contribution in [-0.2, 0) is 4.74 Å². The molecule has 0 spiro atoms. The molecule has 0 fully saturated rings. The Labute approximate surface area is 161 Å². The van der Waals surface area contributed by atoms with Crippen molar-refractivity contribution < 1.29 is 14.1 Å². The maximum Gasteiger partial charge on any atom is 0.382 e. The number of allylic oxidation sites excluding steroid dienone is 3. The highest BCUT2D eigenvalue weighted by Crippen LogP contribution is 2.37. The van der Waals surface area contributed by atoms with Gasteiger partial charge in [0.2, 0.25) is 5.76 Å². The molecule has 0 amide bonds. The fourth-order valence-corrected chi connectivity index (χ4v) is 3.78. The van der Waals surface area contributed by atoms with E-state index in [4.69, 9.17) is 9.26 Å². The lowest BCUT2D eigenvalue weighted by Gasteiger charge is -2.18. The molecule has 4 heteroatoms. The fraction of sp³-hybridized carbons (Fsp3) is 0.0833. The van der Waals surface area contributed by atoms with E-state index in [0.717, 1.165) is 18.4 Å². The van der Waals surface area contributed by atoms with E-state index < -0.39 is 5.97 Å². The molecule has 0 saturated carbocycles. The summed E-state index contributed by atoms with van der Waals surface area (Å²) in [5.74, 6) is 0.0979. The van der Waals surface area contributed by atoms with E-state index in [1.54, 1.807) is 0 Å². The minimum Gasteiger partial charge on any atom is -0.421 e. The van der Waals surface area contributed by atoms with Gasteiger partial charge in [0.25, 0.3) is 0 Å². The second-order valence-corrected chi connectivity index (χ2v) is 6.77. The number of rotatable bonds is 3. The molecule has 1 aliphatic carbocycles. The average molecular weight is 367 g/mol. The lowest BCUT2D eigenvalue weighted by Crippen LogP contribution is -2.05. The molecule has 1 aliphatic rings. The Balaban J connectivity index is 1.61. The number of carbonyl (C=O) groups excluding carboxylic acids is 1. The van der Waals surface area contributed by atoms with Crippen molar-refractivity contribution in [3.8, 4) is 0 Å². The van der Waals surface area contributed by atoms with Crippen molar-refractivity contribution in [3.05, 3.63) is 96.1 Å². The molecule has 0 atom stereocenters. The van der Waals surface area contributed by atoms with Gasteiger partial charge in [-0.05, 0) is 63.7 Å². The van der Waals surface area contributed by atoms with Gasteiger partial charge in [0, 0.05) is 6.07 Å². The van der Waals surface area contributed by atoms with Crippen LogP contribution < -0.4 is 0 Å². The number of fused-ring (bicyclic) bond motifs is 2. The van der Waals surface area contributed by atoms with E-state index in [1.165, 1.54) is 39.4 Å². The average Bonchev–Trinajstić information content (AvgIpc) is 3.27. The highest BCUT2D eigenvalue weighted by Gasteiger charge is 2.18. The predicted octanol–water partition coefficient (Wildman–Crippen LogP) is 5.90. The normalized spacial score (nSPS) is 14.0. The van der Waals surface area contributed by atoms with Crippen LogP contribution in [0.15, 0.2) is 89.3 Å². The Morgan fingerprint density at radius 2 is 1.68 bits per heavy atom. The summed E-state index contributed by atoms with van der Waals surface area (Å²) < 4.78 is 10.4. The molecule has 0 N–H and O–H groups in total. The van der Waals surface area contributed by atoms with Crippen LogP contribution in [0.4, 0.5) is 0 Å². The second-order valence-electron chi connectivity index (χ2n) is 6.77. The Morgan fingerprint density at radius 1 is 0.964 bits per heavy atom. The van der Waals surface area contributed by atoms with E-state index in [1.807, 2.05) is 12.2 Å². The molecular formula is C24H17NO3. The largest absolute Gasteiger partial charge is 0.421 e. The van der Waals surface area contributed by atoms with Crippen LogP contribution in [-0.4, -0.2) is 11.1 Å². The van der Waals surface area contributed by atoms with Crippen molar-refractivity contribution in [1.82, 2.24) is 5.16 Å². The zero-order valence-corrected chi connectivity index (χ0v) is 15.1. The Morgan fingerprint density at radius 3 is 2.36 bits per heavy atom. The number of esters is 1. The number of carbonyl (C=O) groups is 1. The van der Waals surface area contributed by atoms with Gasteiger partial charge in [0.15, 0.2) is 0 Å². The number of hydrogen-bond donors (Lipinski definition) is 0. The van der Waals surface area contributed by atoms with Crippen LogP contribution in [0, 0.1) is 0 Å². The van der Waals surface area contributed by atoms with E-state index in [2.05, 4.69) is 59.8 Å². The molecule has 0 unspecified atom stereocenters. The second kappa shape index (κ2) is 6.82. The standard InChI is InChI=1S/C24H17NO3/c26-24(22-12-13-25-28-22)27-19-9-5-8-18(15-19)23-20-10-3-1-6-16(20)14-17-7-2-4-11-21(17)23/h1-4,6-7,9-15H,5,8H2. The van der Waals surface area contributed by atoms with Gasteiger partial charge in [0.1, 0.15) is 5.76 Å². The van der Waals surface area contributed by atoms with E-state index in [0.29, 0.717) is 5.76 Å². The Hall–Kier alpha value is -3.66. The lowest BCUT2D eigenvalue weighted by atomic mass is 9.88. The Kier molecular flexibility index (Phi) is 4.02. The molecule has 28 heavy (non-hydrogen) atoms. The van der Waals surface area contributed by atoms with Crippen molar-refractivity contribution in [1.29, 1.82) is 0 Å². The zero-order chi connectivity index (χ0) is 18.9. The third kappa shape index (κ3) is 2.89. The highest BCUT2D eigenvalue weighted by atomic mass is 16.6. The topological polar surface area (TPSA) is 52.3 Å². The summed E-state index contributed by atoms with van der Waals surface area (Å²) in [6.07, 6.45) is 7.02. The zero-order valence-electron chi connectivity index (χ0n) is 15.1. The minimum absolute atomic E-state index is 0.0945. The first kappa shape index (κ1) is 16.5. The quantitative estimate of drug-likeness (QED) is 0.334. The van der Waals surface area contributed by atoms with Gasteiger partial charge < -0.3 is 9.26 Å². The molecule has 3 aromatic carbocycles. The molecule has 136 valence electrons. The van der Waals surface area contributed by atoms with Gasteiger partial charge in [-0.1, -0.05) is 53.7 Å². The third-order valence-electron chi connectivity index (χ3n) is 5.02. The SMILES string of the molecule is O=C(OC1=CCCC(c2c3ccccc3cc3ccccc23)=C1)c1ccno1. The smallest absolute Gasteiger partial charge is 0.382 e. The van der Waals surface area contributed by atoms with Crippen molar-refractivity contribution in [3.63, 3.8) is 0 Å². The highest BCUT2D eigenvalue weighted by molar-refractivity contribution is 6.09. The maximum absolute atomic E-state index is 12.2. The van der Waals surface area contributed by atoms with Gasteiger partial charge in [0.05, 0.1) is 6.20 Å². The maximum atomic E-state index is 12.2. The first-order valence-corrected chi connectivity index (χ1v) is 9.24. The van der Waals surface area contributed by atoms with Crippen molar-refractivity contribution >= 4 is 33.1 Å². The lowest BCUT2D eigenvalue weighted by molar-refractivity contribution is 0.0590. The molecule has 1 aromatic heterocycles. The number of ether oxygens (including phenoxy) is 1. The summed E-state index contributed by atoms with van der Waals surface area (Å²) in [6.45, 7) is 0. The van der Waals surface area contributed by atoms with Crippen molar-refractivity contribution in [2.24, 2.45) is 0 Å². The summed E-state index contributed by atoms with van der Waals surface area (Å²) >= 11 is 0. The summed E-state index contributed by atoms with van der Waals surface area (Å²) in [5.41, 5.74) is 2.37. The monoisotopic (exact) mass is 367 g/mol. The van der Waals surface area contributed by atoms with Crippen LogP contribution in [0.3, 0.4) is 0 Å². The summed E-state index contributed by atoms with van der Waals surface area (Å²) in [7, 11) is 0. The molecule has 0 saturated heterocycles. The van der Waals surface area contributed by atoms with Crippen LogP contribution >= 0.6 is 0 Å². The van der Waals surface area contributed by atoms with Gasteiger partial charge in [-0.15, -0.1) is 0 Å². The molecule has 0 bridgehead atoms. The van der Waals surface area contributed by atoms with Gasteiger partial charge in [-0.2, -0.15) is 0 Å². The molecule has 4 aromatic rings. The summed E-state index contributed by atoms with van der Waals surface area (Å²) in [4.78, 5) is 12.2. The van der Waals surface area contributed by atoms with E-state index in [-0.39, 0.29) is 5.76 Å². The van der Waals surface area contributed by atoms with E-state index in [9.17, 15) is 4.79 Å². The molecular weight excluding hydrogens is 350 g/mol. The number of hydrogen-bond acceptors (Lipinski definition) is 4. The van der Waals surface area contributed by atoms with Gasteiger partial charge in [-0.25, -0.2) is 4.79 Å². The number of aromatic nitrogens is 1. The van der Waals surface area contributed by atoms with Crippen molar-refractivity contribution in [2.45, 2.75) is 12.8 Å². The van der Waals surface area contributed by atoms with Crippen LogP contribution in [0.2, 0.25) is 0 Å². The molecule has 4 nitrogen and oxygen atoms in total. The molecule has 0 aliphatic heterocycles. The third-order valence-corrected chi connectivity index (χ3v) is 5.02. The summed E-state index contributed by atoms with van der Waals surface area (Å²) in [6, 6.07) is 20.5. The summed E-state index contributed by atoms with van der Waals surface area (Å²) in [5, 5.41) is 8.37. The van der Waals surface area contributed by atoms with Crippen LogP contribution in [0.1, 0.15) is 29.0 Å². The van der Waals surface area contributed by atoms with Gasteiger partial charge >= 0.3 is 5.97 Å². The predicted molar refractivity (Wildman–Crippen MR) is 109 cm³/mol. The van der Waals surface area contributed by atoms with Crippen LogP contribution in [0.5, 0.6) is 0 Å². The fourth-order valence-electron chi connectivity index (χ4n) is 3.78. The first-order chi connectivity index (χ1) is 13.8. The number of nitrogens with zero attached hydrogens (tertiary/aromatic N) is 1. The van der Waals surface area contributed by atoms with E-state index >= 15 is 0 Å². The van der Waals surface area contributed by atoms with Crippen molar-refractivity contribution in [2.75, 3.05) is 0 Å².